The molecule has 0 bridgehead atoms. The molecule has 4 nitrogen and oxygen atoms in total. The molecule has 0 aliphatic carbocycles. The van der Waals surface area contributed by atoms with Crippen LogP contribution in [0.3, 0.4) is 0 Å². The highest BCUT2D eigenvalue weighted by atomic mass is 16.2. The Balaban J connectivity index is 1.65. The smallest absolute Gasteiger partial charge is 0.236 e. The lowest BCUT2D eigenvalue weighted by Crippen LogP contribution is -2.51. The van der Waals surface area contributed by atoms with Gasteiger partial charge in [-0.25, -0.2) is 0 Å². The Labute approximate surface area is 143 Å². The maximum atomic E-state index is 12.5. The van der Waals surface area contributed by atoms with Gasteiger partial charge in [0.25, 0.3) is 0 Å². The molecule has 2 aliphatic heterocycles. The molecular formula is C19H37N3O. The van der Waals surface area contributed by atoms with E-state index in [1.807, 2.05) is 0 Å². The van der Waals surface area contributed by atoms with Gasteiger partial charge in [-0.1, -0.05) is 27.7 Å². The summed E-state index contributed by atoms with van der Waals surface area (Å²) in [6, 6.07) is 0. The second-order valence-corrected chi connectivity index (χ2v) is 8.26. The highest BCUT2D eigenvalue weighted by Gasteiger charge is 2.26. The van der Waals surface area contributed by atoms with Crippen molar-refractivity contribution in [3.05, 3.63) is 0 Å². The van der Waals surface area contributed by atoms with Crippen LogP contribution >= 0.6 is 0 Å². The molecule has 134 valence electrons. The van der Waals surface area contributed by atoms with Crippen molar-refractivity contribution in [3.8, 4) is 0 Å². The first kappa shape index (κ1) is 18.7. The van der Waals surface area contributed by atoms with E-state index in [9.17, 15) is 4.79 Å². The fourth-order valence-electron chi connectivity index (χ4n) is 3.72. The first-order chi connectivity index (χ1) is 11.0. The number of hydrogen-bond donors (Lipinski definition) is 0. The first-order valence-electron chi connectivity index (χ1n) is 9.68. The van der Waals surface area contributed by atoms with E-state index in [1.54, 1.807) is 0 Å². The number of hydrogen-bond acceptors (Lipinski definition) is 3. The van der Waals surface area contributed by atoms with Gasteiger partial charge >= 0.3 is 0 Å². The molecule has 2 heterocycles. The number of carbonyl (C=O) groups excluding carboxylic acids is 1. The maximum absolute atomic E-state index is 12.5. The van der Waals surface area contributed by atoms with Gasteiger partial charge in [0.2, 0.25) is 5.91 Å². The van der Waals surface area contributed by atoms with Crippen LogP contribution in [0.4, 0.5) is 0 Å². The third-order valence-corrected chi connectivity index (χ3v) is 5.68. The Morgan fingerprint density at radius 3 is 2.00 bits per heavy atom. The Morgan fingerprint density at radius 1 is 0.913 bits per heavy atom. The average molecular weight is 324 g/mol. The number of amides is 1. The number of nitrogens with zero attached hydrogens (tertiary/aromatic N) is 3. The van der Waals surface area contributed by atoms with Crippen LogP contribution in [0.15, 0.2) is 0 Å². The van der Waals surface area contributed by atoms with Crippen molar-refractivity contribution in [1.29, 1.82) is 0 Å². The standard InChI is InChI=1S/C19H37N3O/c1-16(2)5-8-20-11-13-21(14-12-20)15-19(23)22-9-6-18(7-10-22)17(3)4/h16-18H,5-15H2,1-4H3. The molecule has 0 aromatic heterocycles. The van der Waals surface area contributed by atoms with Crippen molar-refractivity contribution in [3.63, 3.8) is 0 Å². The molecule has 23 heavy (non-hydrogen) atoms. The summed E-state index contributed by atoms with van der Waals surface area (Å²) < 4.78 is 0. The molecule has 2 fully saturated rings. The molecule has 0 aromatic rings. The molecular weight excluding hydrogens is 286 g/mol. The van der Waals surface area contributed by atoms with Gasteiger partial charge in [-0.05, 0) is 43.6 Å². The van der Waals surface area contributed by atoms with E-state index >= 15 is 0 Å². The molecule has 0 saturated carbocycles. The molecule has 0 unspecified atom stereocenters. The van der Waals surface area contributed by atoms with Crippen molar-refractivity contribution >= 4 is 5.91 Å². The fraction of sp³-hybridized carbons (Fsp3) is 0.947. The van der Waals surface area contributed by atoms with Gasteiger partial charge in [-0.2, -0.15) is 0 Å². The number of likely N-dealkylation sites (tertiary alicyclic amines) is 1. The van der Waals surface area contributed by atoms with E-state index in [0.29, 0.717) is 12.5 Å². The van der Waals surface area contributed by atoms with Gasteiger partial charge in [-0.3, -0.25) is 9.69 Å². The normalized spacial score (nSPS) is 22.3. The minimum Gasteiger partial charge on any atom is -0.342 e. The number of piperidine rings is 1. The quantitative estimate of drug-likeness (QED) is 0.751. The highest BCUT2D eigenvalue weighted by Crippen LogP contribution is 2.24. The van der Waals surface area contributed by atoms with Crippen LogP contribution in [0.2, 0.25) is 0 Å². The van der Waals surface area contributed by atoms with Crippen LogP contribution in [-0.4, -0.2) is 73.0 Å². The lowest BCUT2D eigenvalue weighted by Gasteiger charge is -2.37. The van der Waals surface area contributed by atoms with Crippen LogP contribution in [0.5, 0.6) is 0 Å². The van der Waals surface area contributed by atoms with Crippen LogP contribution < -0.4 is 0 Å². The summed E-state index contributed by atoms with van der Waals surface area (Å²) in [4.78, 5) is 19.5. The SMILES string of the molecule is CC(C)CCN1CCN(CC(=O)N2CCC(C(C)C)CC2)CC1. The predicted molar refractivity (Wildman–Crippen MR) is 96.5 cm³/mol. The summed E-state index contributed by atoms with van der Waals surface area (Å²) in [6.07, 6.45) is 3.66. The maximum Gasteiger partial charge on any atom is 0.236 e. The van der Waals surface area contributed by atoms with E-state index in [0.717, 1.165) is 57.0 Å². The molecule has 0 atom stereocenters. The van der Waals surface area contributed by atoms with Gasteiger partial charge in [0, 0.05) is 39.3 Å². The largest absolute Gasteiger partial charge is 0.342 e. The molecule has 2 saturated heterocycles. The molecule has 4 heteroatoms. The Bertz CT molecular complexity index is 354. The van der Waals surface area contributed by atoms with Crippen LogP contribution in [0.1, 0.15) is 47.0 Å². The van der Waals surface area contributed by atoms with Crippen molar-refractivity contribution in [2.75, 3.05) is 52.4 Å². The van der Waals surface area contributed by atoms with E-state index in [-0.39, 0.29) is 0 Å². The van der Waals surface area contributed by atoms with Gasteiger partial charge in [0.05, 0.1) is 6.54 Å². The summed E-state index contributed by atoms with van der Waals surface area (Å²) in [7, 11) is 0. The van der Waals surface area contributed by atoms with Crippen LogP contribution in [-0.2, 0) is 4.79 Å². The second kappa shape index (κ2) is 9.03. The van der Waals surface area contributed by atoms with Crippen LogP contribution in [0, 0.1) is 17.8 Å². The molecule has 2 rings (SSSR count). The number of piperazine rings is 1. The summed E-state index contributed by atoms with van der Waals surface area (Å²) in [6.45, 7) is 17.3. The van der Waals surface area contributed by atoms with E-state index in [1.165, 1.54) is 25.8 Å². The van der Waals surface area contributed by atoms with Crippen LogP contribution in [0.25, 0.3) is 0 Å². The topological polar surface area (TPSA) is 26.8 Å². The Hall–Kier alpha value is -0.610. The van der Waals surface area contributed by atoms with E-state index in [2.05, 4.69) is 42.4 Å². The van der Waals surface area contributed by atoms with Crippen molar-refractivity contribution in [1.82, 2.24) is 14.7 Å². The predicted octanol–water partition coefficient (Wildman–Crippen LogP) is 2.54. The molecule has 0 spiro atoms. The third-order valence-electron chi connectivity index (χ3n) is 5.68. The lowest BCUT2D eigenvalue weighted by atomic mass is 9.87. The van der Waals surface area contributed by atoms with Gasteiger partial charge in [0.1, 0.15) is 0 Å². The molecule has 0 radical (unpaired) electrons. The zero-order valence-electron chi connectivity index (χ0n) is 15.8. The zero-order valence-corrected chi connectivity index (χ0v) is 15.8. The second-order valence-electron chi connectivity index (χ2n) is 8.26. The minimum absolute atomic E-state index is 0.350. The van der Waals surface area contributed by atoms with Gasteiger partial charge in [0.15, 0.2) is 0 Å². The van der Waals surface area contributed by atoms with Gasteiger partial charge < -0.3 is 9.80 Å². The third kappa shape index (κ3) is 6.07. The summed E-state index contributed by atoms with van der Waals surface area (Å²) in [5.41, 5.74) is 0. The van der Waals surface area contributed by atoms with Crippen molar-refractivity contribution in [2.45, 2.75) is 47.0 Å². The molecule has 0 N–H and O–H groups in total. The van der Waals surface area contributed by atoms with Crippen molar-refractivity contribution < 1.29 is 4.79 Å². The molecule has 2 aliphatic rings. The Morgan fingerprint density at radius 2 is 1.48 bits per heavy atom. The minimum atomic E-state index is 0.350. The van der Waals surface area contributed by atoms with Gasteiger partial charge in [-0.15, -0.1) is 0 Å². The summed E-state index contributed by atoms with van der Waals surface area (Å²) >= 11 is 0. The molecule has 1 amide bonds. The fourth-order valence-corrected chi connectivity index (χ4v) is 3.72. The van der Waals surface area contributed by atoms with E-state index < -0.39 is 0 Å². The Kier molecular flexibility index (Phi) is 7.35. The van der Waals surface area contributed by atoms with E-state index in [4.69, 9.17) is 0 Å². The number of carbonyl (C=O) groups is 1. The average Bonchev–Trinajstić information content (AvgIpc) is 2.54. The molecule has 0 aromatic carbocycles. The number of rotatable bonds is 6. The monoisotopic (exact) mass is 323 g/mol. The summed E-state index contributed by atoms with van der Waals surface area (Å²) in [5, 5.41) is 0. The highest BCUT2D eigenvalue weighted by molar-refractivity contribution is 5.78. The lowest BCUT2D eigenvalue weighted by molar-refractivity contribution is -0.134. The first-order valence-corrected chi connectivity index (χ1v) is 9.68. The van der Waals surface area contributed by atoms with Crippen molar-refractivity contribution in [2.24, 2.45) is 17.8 Å². The summed E-state index contributed by atoms with van der Waals surface area (Å²) in [5.74, 6) is 2.70. The zero-order chi connectivity index (χ0) is 16.8.